The topological polar surface area (TPSA) is 38.3 Å². The molecule has 2 rings (SSSR count). The van der Waals surface area contributed by atoms with Gasteiger partial charge in [0.05, 0.1) is 12.1 Å². The van der Waals surface area contributed by atoms with E-state index < -0.39 is 0 Å². The molecular formula is C11H11NO2. The molecule has 0 saturated carbocycles. The summed E-state index contributed by atoms with van der Waals surface area (Å²) in [7, 11) is 0. The highest BCUT2D eigenvalue weighted by Gasteiger charge is 2.13. The molecule has 1 aromatic carbocycles. The van der Waals surface area contributed by atoms with Crippen LogP contribution in [0.3, 0.4) is 0 Å². The maximum Gasteiger partial charge on any atom is 0.316 e. The van der Waals surface area contributed by atoms with Crippen molar-refractivity contribution in [1.82, 2.24) is 5.32 Å². The average Bonchev–Trinajstić information content (AvgIpc) is 2.63. The molecule has 0 atom stereocenters. The van der Waals surface area contributed by atoms with E-state index in [1.807, 2.05) is 30.3 Å². The lowest BCUT2D eigenvalue weighted by atomic mass is 10.2. The van der Waals surface area contributed by atoms with Gasteiger partial charge in [0.15, 0.2) is 0 Å². The molecule has 1 aliphatic heterocycles. The molecule has 0 radical (unpaired) electrons. The van der Waals surface area contributed by atoms with Gasteiger partial charge in [-0.3, -0.25) is 4.79 Å². The first-order valence-corrected chi connectivity index (χ1v) is 4.51. The zero-order chi connectivity index (χ0) is 9.80. The Hall–Kier alpha value is -1.77. The molecule has 0 amide bonds. The van der Waals surface area contributed by atoms with Crippen molar-refractivity contribution in [3.8, 4) is 0 Å². The van der Waals surface area contributed by atoms with Crippen LogP contribution in [0.5, 0.6) is 0 Å². The lowest BCUT2D eigenvalue weighted by Gasteiger charge is -2.04. The van der Waals surface area contributed by atoms with Crippen molar-refractivity contribution in [3.63, 3.8) is 0 Å². The van der Waals surface area contributed by atoms with Gasteiger partial charge in [0.1, 0.15) is 6.26 Å². The monoisotopic (exact) mass is 189 g/mol. The van der Waals surface area contributed by atoms with Gasteiger partial charge < -0.3 is 10.1 Å². The van der Waals surface area contributed by atoms with Crippen LogP contribution >= 0.6 is 0 Å². The molecule has 0 aliphatic carbocycles. The Kier molecular flexibility index (Phi) is 2.49. The lowest BCUT2D eigenvalue weighted by molar-refractivity contribution is -0.135. The number of carbonyl (C=O) groups excluding carboxylic acids is 1. The minimum Gasteiger partial charge on any atom is -0.432 e. The lowest BCUT2D eigenvalue weighted by Crippen LogP contribution is -2.11. The average molecular weight is 189 g/mol. The van der Waals surface area contributed by atoms with Crippen LogP contribution in [0.25, 0.3) is 0 Å². The molecule has 3 heteroatoms. The molecule has 0 unspecified atom stereocenters. The number of nitrogens with one attached hydrogen (secondary N) is 1. The van der Waals surface area contributed by atoms with Crippen LogP contribution in [0, 0.1) is 0 Å². The summed E-state index contributed by atoms with van der Waals surface area (Å²) in [6.45, 7) is 0.726. The third-order valence-electron chi connectivity index (χ3n) is 2.03. The summed E-state index contributed by atoms with van der Waals surface area (Å²) in [6, 6.07) is 10.0. The van der Waals surface area contributed by atoms with Gasteiger partial charge in [0.25, 0.3) is 0 Å². The molecule has 0 aromatic heterocycles. The summed E-state index contributed by atoms with van der Waals surface area (Å²) in [5, 5.41) is 3.14. The highest BCUT2D eigenvalue weighted by molar-refractivity contribution is 5.75. The number of ether oxygens (including phenoxy) is 1. The van der Waals surface area contributed by atoms with Crippen molar-refractivity contribution in [1.29, 1.82) is 0 Å². The third-order valence-corrected chi connectivity index (χ3v) is 2.03. The molecule has 1 N–H and O–H groups in total. The highest BCUT2D eigenvalue weighted by Crippen LogP contribution is 2.09. The van der Waals surface area contributed by atoms with Crippen molar-refractivity contribution in [2.75, 3.05) is 0 Å². The van der Waals surface area contributed by atoms with Gasteiger partial charge in [-0.25, -0.2) is 0 Å². The normalized spacial score (nSPS) is 14.9. The Morgan fingerprint density at radius 3 is 2.71 bits per heavy atom. The zero-order valence-electron chi connectivity index (χ0n) is 7.69. The predicted molar refractivity (Wildman–Crippen MR) is 52.1 cm³/mol. The van der Waals surface area contributed by atoms with Crippen LogP contribution in [0.1, 0.15) is 12.0 Å². The van der Waals surface area contributed by atoms with E-state index in [1.54, 1.807) is 0 Å². The first-order chi connectivity index (χ1) is 6.84. The van der Waals surface area contributed by atoms with Gasteiger partial charge >= 0.3 is 5.97 Å². The number of hydrogen-bond donors (Lipinski definition) is 1. The van der Waals surface area contributed by atoms with E-state index in [0.29, 0.717) is 6.42 Å². The molecular weight excluding hydrogens is 178 g/mol. The fraction of sp³-hybridized carbons (Fsp3) is 0.182. The number of benzene rings is 1. The van der Waals surface area contributed by atoms with E-state index in [4.69, 9.17) is 4.74 Å². The van der Waals surface area contributed by atoms with Gasteiger partial charge in [-0.05, 0) is 5.56 Å². The fourth-order valence-electron chi connectivity index (χ4n) is 1.29. The van der Waals surface area contributed by atoms with Crippen molar-refractivity contribution >= 4 is 5.97 Å². The van der Waals surface area contributed by atoms with Crippen LogP contribution in [-0.2, 0) is 16.1 Å². The SMILES string of the molecule is O=C1CC(NCc2ccccc2)=CO1. The quantitative estimate of drug-likeness (QED) is 0.733. The number of esters is 1. The Morgan fingerprint density at radius 1 is 1.29 bits per heavy atom. The van der Waals surface area contributed by atoms with Crippen molar-refractivity contribution in [2.24, 2.45) is 0 Å². The van der Waals surface area contributed by atoms with E-state index in [-0.39, 0.29) is 5.97 Å². The maximum absolute atomic E-state index is 10.8. The Bertz CT molecular complexity index is 357. The molecule has 72 valence electrons. The van der Waals surface area contributed by atoms with Crippen LogP contribution in [0.15, 0.2) is 42.3 Å². The summed E-state index contributed by atoms with van der Waals surface area (Å²) < 4.78 is 4.69. The first kappa shape index (κ1) is 8.81. The molecule has 0 spiro atoms. The maximum atomic E-state index is 10.8. The molecule has 0 saturated heterocycles. The minimum absolute atomic E-state index is 0.194. The second-order valence-electron chi connectivity index (χ2n) is 3.15. The second-order valence-corrected chi connectivity index (χ2v) is 3.15. The largest absolute Gasteiger partial charge is 0.432 e. The van der Waals surface area contributed by atoms with E-state index in [0.717, 1.165) is 12.2 Å². The van der Waals surface area contributed by atoms with Gasteiger partial charge in [0.2, 0.25) is 0 Å². The Balaban J connectivity index is 1.86. The number of cyclic esters (lactones) is 1. The summed E-state index contributed by atoms with van der Waals surface area (Å²) in [5.74, 6) is -0.194. The van der Waals surface area contributed by atoms with Crippen molar-refractivity contribution < 1.29 is 9.53 Å². The van der Waals surface area contributed by atoms with E-state index in [9.17, 15) is 4.79 Å². The van der Waals surface area contributed by atoms with E-state index in [1.165, 1.54) is 11.8 Å². The van der Waals surface area contributed by atoms with E-state index >= 15 is 0 Å². The van der Waals surface area contributed by atoms with Crippen LogP contribution in [0.2, 0.25) is 0 Å². The van der Waals surface area contributed by atoms with Gasteiger partial charge in [0, 0.05) is 6.54 Å². The van der Waals surface area contributed by atoms with Gasteiger partial charge in [-0.2, -0.15) is 0 Å². The summed E-state index contributed by atoms with van der Waals surface area (Å²) in [5.41, 5.74) is 2.03. The molecule has 1 heterocycles. The Labute approximate surface area is 82.4 Å². The van der Waals surface area contributed by atoms with Crippen LogP contribution in [0.4, 0.5) is 0 Å². The minimum atomic E-state index is -0.194. The highest BCUT2D eigenvalue weighted by atomic mass is 16.5. The smallest absolute Gasteiger partial charge is 0.316 e. The molecule has 3 nitrogen and oxygen atoms in total. The number of hydrogen-bond acceptors (Lipinski definition) is 3. The molecule has 14 heavy (non-hydrogen) atoms. The second kappa shape index (κ2) is 3.96. The summed E-state index contributed by atoms with van der Waals surface area (Å²) in [4.78, 5) is 10.8. The standard InChI is InChI=1S/C11H11NO2/c13-11-6-10(8-14-11)12-7-9-4-2-1-3-5-9/h1-5,8,12H,6-7H2. The third kappa shape index (κ3) is 2.13. The summed E-state index contributed by atoms with van der Waals surface area (Å²) in [6.07, 6.45) is 1.83. The first-order valence-electron chi connectivity index (χ1n) is 4.51. The molecule has 0 fully saturated rings. The molecule has 0 bridgehead atoms. The van der Waals surface area contributed by atoms with Gasteiger partial charge in [-0.1, -0.05) is 30.3 Å². The summed E-state index contributed by atoms with van der Waals surface area (Å²) >= 11 is 0. The Morgan fingerprint density at radius 2 is 2.07 bits per heavy atom. The van der Waals surface area contributed by atoms with Crippen LogP contribution in [-0.4, -0.2) is 5.97 Å². The van der Waals surface area contributed by atoms with Crippen LogP contribution < -0.4 is 5.32 Å². The fourth-order valence-corrected chi connectivity index (χ4v) is 1.29. The molecule has 1 aliphatic rings. The number of carbonyl (C=O) groups is 1. The van der Waals surface area contributed by atoms with E-state index in [2.05, 4.69) is 5.32 Å². The number of rotatable bonds is 3. The van der Waals surface area contributed by atoms with Gasteiger partial charge in [-0.15, -0.1) is 0 Å². The zero-order valence-corrected chi connectivity index (χ0v) is 7.69. The molecule has 1 aromatic rings. The van der Waals surface area contributed by atoms with Crippen molar-refractivity contribution in [3.05, 3.63) is 47.9 Å². The van der Waals surface area contributed by atoms with Crippen molar-refractivity contribution in [2.45, 2.75) is 13.0 Å². The predicted octanol–water partition coefficient (Wildman–Crippen LogP) is 1.56.